The van der Waals surface area contributed by atoms with Crippen LogP contribution in [0.15, 0.2) is 60.7 Å². The minimum atomic E-state index is -0.791. The molecule has 0 spiro atoms. The molecule has 3 N–H and O–H groups in total. The van der Waals surface area contributed by atoms with Gasteiger partial charge in [0.1, 0.15) is 11.7 Å². The lowest BCUT2D eigenvalue weighted by Crippen LogP contribution is -2.42. The fourth-order valence-corrected chi connectivity index (χ4v) is 2.54. The summed E-state index contributed by atoms with van der Waals surface area (Å²) in [5, 5.41) is 7.75. The van der Waals surface area contributed by atoms with Crippen LogP contribution in [0.2, 0.25) is 5.02 Å². The molecule has 3 rings (SSSR count). The quantitative estimate of drug-likeness (QED) is 0.725. The molecular weight excluding hydrogens is 352 g/mol. The van der Waals surface area contributed by atoms with Crippen LogP contribution in [0.3, 0.4) is 0 Å². The second-order valence-corrected chi connectivity index (χ2v) is 6.20. The number of carbonyl (C=O) groups is 2. The Bertz CT molecular complexity index is 936. The van der Waals surface area contributed by atoms with Crippen molar-refractivity contribution >= 4 is 23.4 Å². The van der Waals surface area contributed by atoms with Gasteiger partial charge in [0.05, 0.1) is 11.4 Å². The number of amides is 2. The second kappa shape index (κ2) is 7.41. The second-order valence-electron chi connectivity index (χ2n) is 5.77. The lowest BCUT2D eigenvalue weighted by molar-refractivity contribution is -0.119. The molecule has 0 fully saturated rings. The van der Waals surface area contributed by atoms with E-state index in [1.165, 1.54) is 11.6 Å². The zero-order valence-electron chi connectivity index (χ0n) is 14.0. The number of nitrogens with two attached hydrogens (primary N) is 1. The summed E-state index contributed by atoms with van der Waals surface area (Å²) >= 11 is 5.94. The Hall–Kier alpha value is -3.12. The van der Waals surface area contributed by atoms with Gasteiger partial charge in [0.2, 0.25) is 5.91 Å². The van der Waals surface area contributed by atoms with Gasteiger partial charge in [0, 0.05) is 10.6 Å². The number of nitrogens with zero attached hydrogens (tertiary/aromatic N) is 2. The molecule has 132 valence electrons. The van der Waals surface area contributed by atoms with Gasteiger partial charge in [0.25, 0.3) is 5.91 Å². The van der Waals surface area contributed by atoms with E-state index in [9.17, 15) is 9.59 Å². The van der Waals surface area contributed by atoms with Crippen molar-refractivity contribution in [2.75, 3.05) is 0 Å². The maximum absolute atomic E-state index is 12.7. The molecule has 7 heteroatoms. The zero-order chi connectivity index (χ0) is 18.7. The van der Waals surface area contributed by atoms with E-state index in [0.29, 0.717) is 16.4 Å². The predicted molar refractivity (Wildman–Crippen MR) is 100 cm³/mol. The lowest BCUT2D eigenvalue weighted by Gasteiger charge is -2.11. The van der Waals surface area contributed by atoms with E-state index in [4.69, 9.17) is 17.3 Å². The van der Waals surface area contributed by atoms with Crippen LogP contribution in [0.25, 0.3) is 16.9 Å². The van der Waals surface area contributed by atoms with Gasteiger partial charge in [0.15, 0.2) is 0 Å². The van der Waals surface area contributed by atoms with Crippen LogP contribution >= 0.6 is 11.6 Å². The summed E-state index contributed by atoms with van der Waals surface area (Å²) in [6.45, 7) is 1.53. The minimum absolute atomic E-state index is 0.300. The molecule has 0 saturated heterocycles. The van der Waals surface area contributed by atoms with Crippen LogP contribution in [0, 0.1) is 0 Å². The van der Waals surface area contributed by atoms with Crippen molar-refractivity contribution in [2.24, 2.45) is 5.73 Å². The molecule has 1 heterocycles. The van der Waals surface area contributed by atoms with Crippen LogP contribution in [-0.2, 0) is 4.79 Å². The largest absolute Gasteiger partial charge is 0.368 e. The topological polar surface area (TPSA) is 90.0 Å². The van der Waals surface area contributed by atoms with E-state index in [-0.39, 0.29) is 0 Å². The summed E-state index contributed by atoms with van der Waals surface area (Å²) in [5.74, 6) is -1.05. The smallest absolute Gasteiger partial charge is 0.270 e. The lowest BCUT2D eigenvalue weighted by atomic mass is 10.1. The van der Waals surface area contributed by atoms with Gasteiger partial charge in [-0.1, -0.05) is 41.9 Å². The van der Waals surface area contributed by atoms with Crippen LogP contribution < -0.4 is 11.1 Å². The molecule has 0 aliphatic rings. The summed E-state index contributed by atoms with van der Waals surface area (Å²) in [5.41, 5.74) is 7.69. The van der Waals surface area contributed by atoms with Gasteiger partial charge in [-0.3, -0.25) is 9.59 Å². The van der Waals surface area contributed by atoms with Gasteiger partial charge < -0.3 is 11.1 Å². The van der Waals surface area contributed by atoms with E-state index >= 15 is 0 Å². The first-order chi connectivity index (χ1) is 12.5. The van der Waals surface area contributed by atoms with Gasteiger partial charge >= 0.3 is 0 Å². The molecule has 0 aliphatic carbocycles. The highest BCUT2D eigenvalue weighted by molar-refractivity contribution is 6.30. The van der Waals surface area contributed by atoms with Crippen LogP contribution in [0.4, 0.5) is 0 Å². The third-order valence-corrected chi connectivity index (χ3v) is 4.11. The molecule has 0 unspecified atom stereocenters. The number of hydrogen-bond donors (Lipinski definition) is 2. The Morgan fingerprint density at radius 3 is 2.38 bits per heavy atom. The maximum atomic E-state index is 12.7. The van der Waals surface area contributed by atoms with E-state index in [1.54, 1.807) is 18.2 Å². The number of benzene rings is 2. The minimum Gasteiger partial charge on any atom is -0.368 e. The SMILES string of the molecule is C[C@@H](NC(=O)c1cc(-c2ccc(Cl)cc2)nn1-c1ccccc1)C(N)=O. The highest BCUT2D eigenvalue weighted by Crippen LogP contribution is 2.23. The fraction of sp³-hybridized carbons (Fsp3) is 0.105. The third-order valence-electron chi connectivity index (χ3n) is 3.86. The average Bonchev–Trinajstić information content (AvgIpc) is 3.08. The molecule has 0 radical (unpaired) electrons. The molecule has 2 aromatic carbocycles. The highest BCUT2D eigenvalue weighted by atomic mass is 35.5. The summed E-state index contributed by atoms with van der Waals surface area (Å²) in [4.78, 5) is 23.9. The Balaban J connectivity index is 2.05. The van der Waals surface area contributed by atoms with Gasteiger partial charge in [-0.25, -0.2) is 4.68 Å². The molecule has 0 bridgehead atoms. The Labute approximate surface area is 155 Å². The Morgan fingerprint density at radius 2 is 1.77 bits per heavy atom. The van der Waals surface area contributed by atoms with E-state index in [1.807, 2.05) is 42.5 Å². The number of nitrogens with one attached hydrogen (secondary N) is 1. The molecule has 1 atom stereocenters. The molecule has 6 nitrogen and oxygen atoms in total. The molecule has 2 amide bonds. The highest BCUT2D eigenvalue weighted by Gasteiger charge is 2.20. The van der Waals surface area contributed by atoms with Crippen molar-refractivity contribution in [3.8, 4) is 16.9 Å². The van der Waals surface area contributed by atoms with E-state index in [2.05, 4.69) is 10.4 Å². The Kier molecular flexibility index (Phi) is 5.04. The average molecular weight is 369 g/mol. The van der Waals surface area contributed by atoms with Crippen molar-refractivity contribution in [3.05, 3.63) is 71.4 Å². The van der Waals surface area contributed by atoms with Gasteiger partial charge in [-0.15, -0.1) is 0 Å². The van der Waals surface area contributed by atoms with Crippen molar-refractivity contribution in [1.82, 2.24) is 15.1 Å². The maximum Gasteiger partial charge on any atom is 0.270 e. The standard InChI is InChI=1S/C19H17ClN4O2/c1-12(18(21)25)22-19(26)17-11-16(13-7-9-14(20)10-8-13)23-24(17)15-5-3-2-4-6-15/h2-12H,1H3,(H2,21,25)(H,22,26)/t12-/m1/s1. The molecule has 0 aliphatic heterocycles. The van der Waals surface area contributed by atoms with Crippen LogP contribution in [0.1, 0.15) is 17.4 Å². The first-order valence-electron chi connectivity index (χ1n) is 7.97. The summed E-state index contributed by atoms with van der Waals surface area (Å²) in [7, 11) is 0. The van der Waals surface area contributed by atoms with E-state index < -0.39 is 17.9 Å². The van der Waals surface area contributed by atoms with Crippen molar-refractivity contribution in [2.45, 2.75) is 13.0 Å². The molecule has 26 heavy (non-hydrogen) atoms. The number of primary amides is 1. The number of carbonyl (C=O) groups excluding carboxylic acids is 2. The van der Waals surface area contributed by atoms with Crippen molar-refractivity contribution in [3.63, 3.8) is 0 Å². The number of aromatic nitrogens is 2. The predicted octanol–water partition coefficient (Wildman–Crippen LogP) is 2.80. The van der Waals surface area contributed by atoms with Crippen LogP contribution in [-0.4, -0.2) is 27.6 Å². The number of halogens is 1. The summed E-state index contributed by atoms with van der Waals surface area (Å²) in [6, 6.07) is 17.3. The number of para-hydroxylation sites is 1. The van der Waals surface area contributed by atoms with Crippen molar-refractivity contribution < 1.29 is 9.59 Å². The van der Waals surface area contributed by atoms with Crippen molar-refractivity contribution in [1.29, 1.82) is 0 Å². The molecule has 1 aromatic heterocycles. The van der Waals surface area contributed by atoms with Crippen LogP contribution in [0.5, 0.6) is 0 Å². The zero-order valence-corrected chi connectivity index (χ0v) is 14.8. The van der Waals surface area contributed by atoms with E-state index in [0.717, 1.165) is 11.3 Å². The third kappa shape index (κ3) is 3.75. The summed E-state index contributed by atoms with van der Waals surface area (Å²) < 4.78 is 1.53. The molecular formula is C19H17ClN4O2. The fourth-order valence-electron chi connectivity index (χ4n) is 2.41. The number of rotatable bonds is 5. The number of hydrogen-bond acceptors (Lipinski definition) is 3. The Morgan fingerprint density at radius 1 is 1.12 bits per heavy atom. The van der Waals surface area contributed by atoms with Gasteiger partial charge in [-0.05, 0) is 37.3 Å². The van der Waals surface area contributed by atoms with Gasteiger partial charge in [-0.2, -0.15) is 5.10 Å². The molecule has 0 saturated carbocycles. The first-order valence-corrected chi connectivity index (χ1v) is 8.35. The normalized spacial score (nSPS) is 11.8. The molecule has 3 aromatic rings. The first kappa shape index (κ1) is 17.7. The monoisotopic (exact) mass is 368 g/mol. The summed E-state index contributed by atoms with van der Waals surface area (Å²) in [6.07, 6.45) is 0.